The summed E-state index contributed by atoms with van der Waals surface area (Å²) in [5.74, 6) is -1.62. The van der Waals surface area contributed by atoms with Gasteiger partial charge in [0.2, 0.25) is 11.7 Å². The summed E-state index contributed by atoms with van der Waals surface area (Å²) in [6.45, 7) is 3.21. The van der Waals surface area contributed by atoms with E-state index >= 15 is 0 Å². The highest BCUT2D eigenvalue weighted by Crippen LogP contribution is 2.25. The van der Waals surface area contributed by atoms with Gasteiger partial charge in [-0.3, -0.25) is 9.59 Å². The standard InChI is InChI=1S/C12H15NO5/c1-3-18-12(13-7(2)14)11(17)8-4-5-9(15)10(16)6-8/h4-6,12,15-16H,3H2,1-2H3,(H,13,14)/t12-/m1/s1. The Labute approximate surface area is 104 Å². The number of benzene rings is 1. The van der Waals surface area contributed by atoms with Gasteiger partial charge in [-0.05, 0) is 25.1 Å². The van der Waals surface area contributed by atoms with Crippen LogP contribution in [-0.2, 0) is 9.53 Å². The Morgan fingerprint density at radius 2 is 2.00 bits per heavy atom. The van der Waals surface area contributed by atoms with E-state index in [2.05, 4.69) is 5.32 Å². The number of hydrogen-bond acceptors (Lipinski definition) is 5. The number of ketones is 1. The molecule has 0 bridgehead atoms. The van der Waals surface area contributed by atoms with Gasteiger partial charge in [-0.15, -0.1) is 0 Å². The lowest BCUT2D eigenvalue weighted by Gasteiger charge is -2.16. The lowest BCUT2D eigenvalue weighted by atomic mass is 10.1. The maximum absolute atomic E-state index is 12.0. The number of aromatic hydroxyl groups is 2. The van der Waals surface area contributed by atoms with Crippen LogP contribution in [0.2, 0.25) is 0 Å². The average Bonchev–Trinajstić information content (AvgIpc) is 2.31. The van der Waals surface area contributed by atoms with E-state index in [0.717, 1.165) is 6.07 Å². The van der Waals surface area contributed by atoms with Gasteiger partial charge in [0.1, 0.15) is 0 Å². The normalized spacial score (nSPS) is 11.9. The van der Waals surface area contributed by atoms with Crippen molar-refractivity contribution in [2.45, 2.75) is 20.1 Å². The summed E-state index contributed by atoms with van der Waals surface area (Å²) in [5, 5.41) is 20.8. The molecule has 0 aliphatic carbocycles. The highest BCUT2D eigenvalue weighted by atomic mass is 16.5. The Balaban J connectivity index is 2.93. The zero-order valence-corrected chi connectivity index (χ0v) is 10.1. The van der Waals surface area contributed by atoms with Crippen LogP contribution in [0.15, 0.2) is 18.2 Å². The Kier molecular flexibility index (Phi) is 4.67. The summed E-state index contributed by atoms with van der Waals surface area (Å²) < 4.78 is 5.11. The number of amides is 1. The monoisotopic (exact) mass is 253 g/mol. The third-order valence-corrected chi connectivity index (χ3v) is 2.17. The van der Waals surface area contributed by atoms with E-state index in [9.17, 15) is 14.7 Å². The van der Waals surface area contributed by atoms with Crippen molar-refractivity contribution < 1.29 is 24.5 Å². The molecule has 0 radical (unpaired) electrons. The molecule has 0 aromatic heterocycles. The number of phenols is 2. The molecule has 0 heterocycles. The second-order valence-electron chi connectivity index (χ2n) is 3.60. The van der Waals surface area contributed by atoms with Crippen LogP contribution in [0.5, 0.6) is 11.5 Å². The molecule has 1 rings (SSSR count). The van der Waals surface area contributed by atoms with Crippen LogP contribution >= 0.6 is 0 Å². The molecule has 6 nitrogen and oxygen atoms in total. The lowest BCUT2D eigenvalue weighted by molar-refractivity contribution is -0.122. The number of carbonyl (C=O) groups is 2. The summed E-state index contributed by atoms with van der Waals surface area (Å²) in [5.41, 5.74) is 0.137. The van der Waals surface area contributed by atoms with Gasteiger partial charge < -0.3 is 20.3 Å². The van der Waals surface area contributed by atoms with E-state index in [4.69, 9.17) is 9.84 Å². The van der Waals surface area contributed by atoms with Crippen LogP contribution in [0.3, 0.4) is 0 Å². The molecule has 6 heteroatoms. The molecular weight excluding hydrogens is 238 g/mol. The SMILES string of the molecule is CCO[C@@H](NC(C)=O)C(=O)c1ccc(O)c(O)c1. The predicted octanol–water partition coefficient (Wildman–Crippen LogP) is 0.779. The van der Waals surface area contributed by atoms with Crippen molar-refractivity contribution in [2.75, 3.05) is 6.61 Å². The van der Waals surface area contributed by atoms with Crippen molar-refractivity contribution in [1.82, 2.24) is 5.32 Å². The van der Waals surface area contributed by atoms with Gasteiger partial charge in [0.15, 0.2) is 17.7 Å². The molecule has 1 aromatic carbocycles. The number of carbonyl (C=O) groups excluding carboxylic acids is 2. The molecule has 3 N–H and O–H groups in total. The maximum Gasteiger partial charge on any atom is 0.219 e. The molecular formula is C12H15NO5. The molecule has 0 saturated heterocycles. The molecule has 18 heavy (non-hydrogen) atoms. The summed E-state index contributed by atoms with van der Waals surface area (Å²) in [7, 11) is 0. The Hall–Kier alpha value is -2.08. The summed E-state index contributed by atoms with van der Waals surface area (Å²) >= 11 is 0. The zero-order valence-electron chi connectivity index (χ0n) is 10.1. The third-order valence-electron chi connectivity index (χ3n) is 2.17. The van der Waals surface area contributed by atoms with Crippen LogP contribution in [0, 0.1) is 0 Å². The fourth-order valence-electron chi connectivity index (χ4n) is 1.36. The van der Waals surface area contributed by atoms with Crippen molar-refractivity contribution in [1.29, 1.82) is 0 Å². The van der Waals surface area contributed by atoms with Crippen molar-refractivity contribution >= 4 is 11.7 Å². The molecule has 0 aliphatic rings. The first kappa shape index (κ1) is 14.0. The molecule has 1 amide bonds. The van der Waals surface area contributed by atoms with E-state index in [0.29, 0.717) is 0 Å². The molecule has 0 fully saturated rings. The van der Waals surface area contributed by atoms with Gasteiger partial charge in [0, 0.05) is 19.1 Å². The van der Waals surface area contributed by atoms with Crippen molar-refractivity contribution in [2.24, 2.45) is 0 Å². The fourth-order valence-corrected chi connectivity index (χ4v) is 1.36. The van der Waals surface area contributed by atoms with Crippen molar-refractivity contribution in [3.63, 3.8) is 0 Å². The minimum Gasteiger partial charge on any atom is -0.504 e. The number of hydrogen-bond donors (Lipinski definition) is 3. The number of ether oxygens (including phenoxy) is 1. The number of nitrogens with one attached hydrogen (secondary N) is 1. The Morgan fingerprint density at radius 3 is 2.50 bits per heavy atom. The molecule has 0 spiro atoms. The van der Waals surface area contributed by atoms with E-state index in [1.165, 1.54) is 19.1 Å². The van der Waals surface area contributed by atoms with Crippen LogP contribution < -0.4 is 5.32 Å². The summed E-state index contributed by atoms with van der Waals surface area (Å²) in [6.07, 6.45) is -1.10. The van der Waals surface area contributed by atoms with Crippen molar-refractivity contribution in [3.05, 3.63) is 23.8 Å². The summed E-state index contributed by atoms with van der Waals surface area (Å²) in [6, 6.07) is 3.65. The second kappa shape index (κ2) is 6.02. The number of Topliss-reactive ketones (excluding diaryl/α,β-unsaturated/α-hetero) is 1. The first-order chi connectivity index (χ1) is 8.45. The van der Waals surface area contributed by atoms with E-state index in [1.807, 2.05) is 0 Å². The Bertz CT molecular complexity index is 458. The van der Waals surface area contributed by atoms with Gasteiger partial charge in [-0.1, -0.05) is 0 Å². The van der Waals surface area contributed by atoms with Gasteiger partial charge in [-0.25, -0.2) is 0 Å². The Morgan fingerprint density at radius 1 is 1.33 bits per heavy atom. The smallest absolute Gasteiger partial charge is 0.219 e. The van der Waals surface area contributed by atoms with E-state index < -0.39 is 23.7 Å². The van der Waals surface area contributed by atoms with Crippen LogP contribution in [0.4, 0.5) is 0 Å². The van der Waals surface area contributed by atoms with Gasteiger partial charge in [0.25, 0.3) is 0 Å². The quantitative estimate of drug-likeness (QED) is 0.409. The predicted molar refractivity (Wildman–Crippen MR) is 63.3 cm³/mol. The highest BCUT2D eigenvalue weighted by molar-refractivity contribution is 6.01. The van der Waals surface area contributed by atoms with Gasteiger partial charge in [0.05, 0.1) is 0 Å². The third kappa shape index (κ3) is 3.46. The van der Waals surface area contributed by atoms with E-state index in [1.54, 1.807) is 6.92 Å². The minimum absolute atomic E-state index is 0.137. The number of phenolic OH excluding ortho intramolecular Hbond substituents is 2. The number of rotatable bonds is 5. The molecule has 98 valence electrons. The molecule has 1 atom stereocenters. The van der Waals surface area contributed by atoms with Crippen LogP contribution in [0.1, 0.15) is 24.2 Å². The molecule has 1 aromatic rings. The molecule has 0 unspecified atom stereocenters. The van der Waals surface area contributed by atoms with Gasteiger partial charge >= 0.3 is 0 Å². The summed E-state index contributed by atoms with van der Waals surface area (Å²) in [4.78, 5) is 23.0. The largest absolute Gasteiger partial charge is 0.504 e. The maximum atomic E-state index is 12.0. The lowest BCUT2D eigenvalue weighted by Crippen LogP contribution is -2.41. The van der Waals surface area contributed by atoms with Crippen LogP contribution in [0.25, 0.3) is 0 Å². The topological polar surface area (TPSA) is 95.9 Å². The fraction of sp³-hybridized carbons (Fsp3) is 0.333. The van der Waals surface area contributed by atoms with Gasteiger partial charge in [-0.2, -0.15) is 0 Å². The first-order valence-electron chi connectivity index (χ1n) is 5.40. The van der Waals surface area contributed by atoms with Crippen molar-refractivity contribution in [3.8, 4) is 11.5 Å². The molecule has 0 aliphatic heterocycles. The molecule has 0 saturated carbocycles. The van der Waals surface area contributed by atoms with Crippen LogP contribution in [-0.4, -0.2) is 34.7 Å². The zero-order chi connectivity index (χ0) is 13.7. The minimum atomic E-state index is -1.10. The first-order valence-corrected chi connectivity index (χ1v) is 5.40. The second-order valence-corrected chi connectivity index (χ2v) is 3.60. The van der Waals surface area contributed by atoms with E-state index in [-0.39, 0.29) is 17.9 Å². The highest BCUT2D eigenvalue weighted by Gasteiger charge is 2.22. The average molecular weight is 253 g/mol.